The Morgan fingerprint density at radius 3 is 2.84 bits per heavy atom. The van der Waals surface area contributed by atoms with Crippen LogP contribution in [0.2, 0.25) is 0 Å². The lowest BCUT2D eigenvalue weighted by atomic mass is 10.1. The molecule has 0 spiro atoms. The van der Waals surface area contributed by atoms with Gasteiger partial charge in [0.15, 0.2) is 0 Å². The summed E-state index contributed by atoms with van der Waals surface area (Å²) in [6, 6.07) is 17.7. The van der Waals surface area contributed by atoms with E-state index in [0.717, 1.165) is 54.3 Å². The fourth-order valence-corrected chi connectivity index (χ4v) is 5.62. The molecule has 0 fully saturated rings. The Hall–Kier alpha value is -4.24. The summed E-state index contributed by atoms with van der Waals surface area (Å²) in [4.78, 5) is 26.2. The third-order valence-electron chi connectivity index (χ3n) is 6.23. The van der Waals surface area contributed by atoms with E-state index < -0.39 is 6.09 Å². The summed E-state index contributed by atoms with van der Waals surface area (Å²) in [5.41, 5.74) is 6.56. The molecule has 0 saturated heterocycles. The van der Waals surface area contributed by atoms with E-state index in [-0.39, 0.29) is 12.7 Å². The van der Waals surface area contributed by atoms with E-state index in [1.54, 1.807) is 24.6 Å². The SMILES string of the molecule is COc1cnc2c(-c3nc4ccc5c(c4s3)C[C@@H](COC(=O)NCc3ccccc3)O5)cc(C)cc2n1. The summed E-state index contributed by atoms with van der Waals surface area (Å²) in [6.45, 7) is 2.62. The van der Waals surface area contributed by atoms with Crippen LogP contribution in [0.5, 0.6) is 11.6 Å². The third-order valence-corrected chi connectivity index (χ3v) is 7.40. The molecule has 9 heteroatoms. The van der Waals surface area contributed by atoms with Crippen LogP contribution in [0.15, 0.2) is 60.8 Å². The third kappa shape index (κ3) is 4.65. The summed E-state index contributed by atoms with van der Waals surface area (Å²) >= 11 is 1.61. The minimum Gasteiger partial charge on any atom is -0.486 e. The molecule has 0 unspecified atom stereocenters. The van der Waals surface area contributed by atoms with Crippen molar-refractivity contribution >= 4 is 38.7 Å². The molecule has 8 nitrogen and oxygen atoms in total. The fraction of sp³-hybridized carbons (Fsp3) is 0.214. The largest absolute Gasteiger partial charge is 0.486 e. The molecule has 37 heavy (non-hydrogen) atoms. The maximum atomic E-state index is 12.2. The van der Waals surface area contributed by atoms with Crippen molar-refractivity contribution in [3.63, 3.8) is 0 Å². The molecule has 1 amide bonds. The number of amides is 1. The molecule has 1 aliphatic rings. The first-order chi connectivity index (χ1) is 18.1. The van der Waals surface area contributed by atoms with Crippen molar-refractivity contribution < 1.29 is 19.0 Å². The average molecular weight is 513 g/mol. The summed E-state index contributed by atoms with van der Waals surface area (Å²) < 4.78 is 17.8. The van der Waals surface area contributed by atoms with Crippen LogP contribution in [0, 0.1) is 6.92 Å². The van der Waals surface area contributed by atoms with Gasteiger partial charge in [0.2, 0.25) is 5.88 Å². The summed E-state index contributed by atoms with van der Waals surface area (Å²) in [6.07, 6.45) is 1.57. The van der Waals surface area contributed by atoms with Gasteiger partial charge in [0.05, 0.1) is 34.6 Å². The monoisotopic (exact) mass is 512 g/mol. The van der Waals surface area contributed by atoms with Gasteiger partial charge in [-0.25, -0.2) is 19.7 Å². The first-order valence-corrected chi connectivity index (χ1v) is 12.7. The van der Waals surface area contributed by atoms with Gasteiger partial charge >= 0.3 is 6.09 Å². The number of rotatable bonds is 6. The summed E-state index contributed by atoms with van der Waals surface area (Å²) in [5, 5.41) is 3.65. The number of aryl methyl sites for hydroxylation is 1. The number of nitrogens with one attached hydrogen (secondary N) is 1. The van der Waals surface area contributed by atoms with Gasteiger partial charge in [0.1, 0.15) is 23.5 Å². The number of thiazole rings is 1. The molecular formula is C28H24N4O4S. The zero-order chi connectivity index (χ0) is 25.4. The lowest BCUT2D eigenvalue weighted by molar-refractivity contribution is 0.0922. The number of alkyl carbamates (subject to hydrolysis) is 1. The molecule has 6 rings (SSSR count). The fourth-order valence-electron chi connectivity index (χ4n) is 4.49. The van der Waals surface area contributed by atoms with Crippen LogP contribution in [0.4, 0.5) is 4.79 Å². The molecule has 0 saturated carbocycles. The number of methoxy groups -OCH3 is 1. The number of benzene rings is 3. The average Bonchev–Trinajstić information content (AvgIpc) is 3.54. The van der Waals surface area contributed by atoms with Crippen molar-refractivity contribution in [3.8, 4) is 22.2 Å². The normalized spacial score (nSPS) is 14.4. The van der Waals surface area contributed by atoms with Crippen molar-refractivity contribution in [1.29, 1.82) is 0 Å². The van der Waals surface area contributed by atoms with Crippen LogP contribution in [0.25, 0.3) is 31.8 Å². The number of aromatic nitrogens is 3. The van der Waals surface area contributed by atoms with Gasteiger partial charge in [-0.15, -0.1) is 11.3 Å². The Balaban J connectivity index is 1.20. The van der Waals surface area contributed by atoms with Gasteiger partial charge < -0.3 is 19.5 Å². The van der Waals surface area contributed by atoms with Crippen molar-refractivity contribution in [3.05, 3.63) is 77.5 Å². The van der Waals surface area contributed by atoms with Gasteiger partial charge in [0.25, 0.3) is 0 Å². The molecule has 2 aromatic heterocycles. The Morgan fingerprint density at radius 2 is 2.00 bits per heavy atom. The van der Waals surface area contributed by atoms with Crippen molar-refractivity contribution in [2.45, 2.75) is 26.0 Å². The molecule has 0 bridgehead atoms. The highest BCUT2D eigenvalue weighted by Crippen LogP contribution is 2.41. The van der Waals surface area contributed by atoms with E-state index in [4.69, 9.17) is 19.2 Å². The molecule has 0 radical (unpaired) electrons. The summed E-state index contributed by atoms with van der Waals surface area (Å²) in [7, 11) is 1.58. The quantitative estimate of drug-likeness (QED) is 0.323. The minimum absolute atomic E-state index is 0.169. The Morgan fingerprint density at radius 1 is 1.14 bits per heavy atom. The van der Waals surface area contributed by atoms with Crippen LogP contribution >= 0.6 is 11.3 Å². The first-order valence-electron chi connectivity index (χ1n) is 11.9. The van der Waals surface area contributed by atoms with Gasteiger partial charge in [-0.3, -0.25) is 0 Å². The number of carbonyl (C=O) groups is 1. The standard InChI is InChI=1S/C28H24N4O4S/c1-16-10-20(25-22(11-16)31-24(34-2)14-29-25)27-32-21-8-9-23-19(26(21)37-27)12-18(36-23)15-35-28(33)30-13-17-6-4-3-5-7-17/h3-11,14,18H,12-13,15H2,1-2H3,(H,30,33)/t18-/m0/s1. The van der Waals surface area contributed by atoms with Crippen LogP contribution in [-0.4, -0.2) is 40.9 Å². The van der Waals surface area contributed by atoms with Crippen LogP contribution in [0.1, 0.15) is 16.7 Å². The Bertz CT molecular complexity index is 1620. The Labute approximate surface area is 217 Å². The van der Waals surface area contributed by atoms with Crippen LogP contribution < -0.4 is 14.8 Å². The second kappa shape index (κ2) is 9.67. The molecule has 3 aromatic carbocycles. The number of hydrogen-bond acceptors (Lipinski definition) is 8. The zero-order valence-corrected chi connectivity index (χ0v) is 21.2. The second-order valence-electron chi connectivity index (χ2n) is 8.88. The van der Waals surface area contributed by atoms with Gasteiger partial charge in [-0.2, -0.15) is 0 Å². The molecule has 1 N–H and O–H groups in total. The van der Waals surface area contributed by atoms with E-state index in [9.17, 15) is 4.79 Å². The molecule has 1 aliphatic heterocycles. The highest BCUT2D eigenvalue weighted by molar-refractivity contribution is 7.22. The highest BCUT2D eigenvalue weighted by atomic mass is 32.1. The first kappa shape index (κ1) is 23.2. The van der Waals surface area contributed by atoms with E-state index in [1.807, 2.05) is 55.5 Å². The maximum absolute atomic E-state index is 12.2. The zero-order valence-electron chi connectivity index (χ0n) is 20.4. The lowest BCUT2D eigenvalue weighted by Crippen LogP contribution is -2.29. The second-order valence-corrected chi connectivity index (χ2v) is 9.88. The molecule has 0 aliphatic carbocycles. The Kier molecular flexibility index (Phi) is 6.05. The maximum Gasteiger partial charge on any atom is 0.407 e. The summed E-state index contributed by atoms with van der Waals surface area (Å²) in [5.74, 6) is 1.28. The molecular weight excluding hydrogens is 488 g/mol. The molecule has 1 atom stereocenters. The number of ether oxygens (including phenoxy) is 3. The lowest BCUT2D eigenvalue weighted by Gasteiger charge is -2.12. The van der Waals surface area contributed by atoms with Crippen LogP contribution in [-0.2, 0) is 17.7 Å². The van der Waals surface area contributed by atoms with Gasteiger partial charge in [-0.1, -0.05) is 30.3 Å². The predicted octanol–water partition coefficient (Wildman–Crippen LogP) is 5.45. The number of fused-ring (bicyclic) bond motifs is 4. The van der Waals surface area contributed by atoms with Crippen molar-refractivity contribution in [2.75, 3.05) is 13.7 Å². The number of nitrogens with zero attached hydrogens (tertiary/aromatic N) is 3. The predicted molar refractivity (Wildman–Crippen MR) is 142 cm³/mol. The van der Waals surface area contributed by atoms with E-state index in [1.165, 1.54) is 0 Å². The minimum atomic E-state index is -0.460. The topological polar surface area (TPSA) is 95.5 Å². The molecule has 3 heterocycles. The van der Waals surface area contributed by atoms with Crippen LogP contribution in [0.3, 0.4) is 0 Å². The highest BCUT2D eigenvalue weighted by Gasteiger charge is 2.28. The van der Waals surface area contributed by atoms with Crippen molar-refractivity contribution in [2.24, 2.45) is 0 Å². The molecule has 186 valence electrons. The number of carbonyl (C=O) groups excluding carboxylic acids is 1. The van der Waals surface area contributed by atoms with E-state index in [2.05, 4.69) is 21.4 Å². The van der Waals surface area contributed by atoms with E-state index in [0.29, 0.717) is 18.8 Å². The number of hydrogen-bond donors (Lipinski definition) is 1. The molecule has 5 aromatic rings. The smallest absolute Gasteiger partial charge is 0.407 e. The van der Waals surface area contributed by atoms with E-state index >= 15 is 0 Å². The van der Waals surface area contributed by atoms with Gasteiger partial charge in [0, 0.05) is 24.1 Å². The van der Waals surface area contributed by atoms with Crippen molar-refractivity contribution in [1.82, 2.24) is 20.3 Å². The van der Waals surface area contributed by atoms with Gasteiger partial charge in [-0.05, 0) is 42.3 Å².